The second-order valence-electron chi connectivity index (χ2n) is 7.05. The van der Waals surface area contributed by atoms with Crippen LogP contribution in [0.25, 0.3) is 11.4 Å². The first-order chi connectivity index (χ1) is 13.8. The number of β-amino-alcohol motifs (C(OH)–C–C–N with tert-alkyl or cyclic N) is 2. The second kappa shape index (κ2) is 7.70. The average Bonchev–Trinajstić information content (AvgIpc) is 3.11. The van der Waals surface area contributed by atoms with Gasteiger partial charge in [-0.25, -0.2) is 12.6 Å². The molecule has 2 fully saturated rings. The lowest BCUT2D eigenvalue weighted by atomic mass is 10.0. The van der Waals surface area contributed by atoms with Crippen molar-refractivity contribution >= 4 is 26.6 Å². The molecule has 1 unspecified atom stereocenters. The Morgan fingerprint density at radius 3 is 2.38 bits per heavy atom. The third-order valence-electron chi connectivity index (χ3n) is 5.08. The molecular formula is C15H20N6O6S2. The maximum Gasteiger partial charge on any atom is 0.208 e. The first kappa shape index (κ1) is 20.3. The molecule has 1 aromatic carbocycles. The molecule has 4 rings (SSSR count). The smallest absolute Gasteiger partial charge is 0.208 e. The number of nitrogens with zero attached hydrogens (tertiary/aromatic N) is 4. The first-order valence-electron chi connectivity index (χ1n) is 8.86. The van der Waals surface area contributed by atoms with E-state index in [-0.39, 0.29) is 53.8 Å². The molecule has 1 aromatic heterocycles. The zero-order valence-electron chi connectivity index (χ0n) is 15.1. The van der Waals surface area contributed by atoms with Gasteiger partial charge in [-0.1, -0.05) is 0 Å². The van der Waals surface area contributed by atoms with Crippen LogP contribution in [0.15, 0.2) is 21.9 Å². The van der Waals surface area contributed by atoms with Crippen molar-refractivity contribution in [3.63, 3.8) is 0 Å². The lowest BCUT2D eigenvalue weighted by molar-refractivity contribution is 0.0651. The number of aromatic amines is 1. The number of anilines is 1. The van der Waals surface area contributed by atoms with E-state index in [1.807, 2.05) is 0 Å². The molecule has 29 heavy (non-hydrogen) atoms. The van der Waals surface area contributed by atoms with Gasteiger partial charge >= 0.3 is 0 Å². The molecule has 0 saturated carbocycles. The monoisotopic (exact) mass is 444 g/mol. The van der Waals surface area contributed by atoms with Gasteiger partial charge in [-0.05, 0) is 17.3 Å². The summed E-state index contributed by atoms with van der Waals surface area (Å²) in [6.45, 7) is 0.809. The molecule has 0 radical (unpaired) electrons. The third kappa shape index (κ3) is 3.67. The van der Waals surface area contributed by atoms with E-state index >= 15 is 0 Å². The highest BCUT2D eigenvalue weighted by Crippen LogP contribution is 2.39. The minimum Gasteiger partial charge on any atom is -0.391 e. The summed E-state index contributed by atoms with van der Waals surface area (Å²) < 4.78 is 48.4. The Kier molecular flexibility index (Phi) is 5.39. The number of aliphatic hydroxyl groups is 2. The average molecular weight is 444 g/mol. The van der Waals surface area contributed by atoms with Crippen LogP contribution in [0.2, 0.25) is 0 Å². The van der Waals surface area contributed by atoms with Crippen molar-refractivity contribution in [2.75, 3.05) is 31.1 Å². The number of benzene rings is 1. The SMILES string of the molecule is O=S(O)c1c(S(=O)(=O)C2CNC2)ccc(N2C[C@H](O)C[C@@H](O)C2)c1-c1nn[nH]n1. The molecule has 2 aromatic rings. The first-order valence-corrected chi connectivity index (χ1v) is 11.5. The van der Waals surface area contributed by atoms with Crippen molar-refractivity contribution in [2.45, 2.75) is 33.7 Å². The topological polar surface area (TPSA) is 182 Å². The van der Waals surface area contributed by atoms with E-state index in [1.165, 1.54) is 12.1 Å². The van der Waals surface area contributed by atoms with Gasteiger partial charge in [-0.3, -0.25) is 0 Å². The summed E-state index contributed by atoms with van der Waals surface area (Å²) in [5.74, 6) is -0.0595. The predicted octanol–water partition coefficient (Wildman–Crippen LogP) is -1.88. The standard InChI is InChI=1S/C15H20N6O6S2/c22-8-3-9(23)7-21(6-8)11-1-2-12(29(26,27)10-4-16-5-10)14(28(24)25)13(11)15-17-19-20-18-15/h1-2,8-10,16,22-23H,3-7H2,(H,24,25)(H,17,18,19,20)/t8-,9-/m1/s1. The molecule has 0 aliphatic carbocycles. The summed E-state index contributed by atoms with van der Waals surface area (Å²) in [7, 11) is -3.88. The lowest BCUT2D eigenvalue weighted by Gasteiger charge is -2.36. The van der Waals surface area contributed by atoms with E-state index in [4.69, 9.17) is 0 Å². The summed E-state index contributed by atoms with van der Waals surface area (Å²) in [5, 5.41) is 35.7. The highest BCUT2D eigenvalue weighted by atomic mass is 32.2. The molecular weight excluding hydrogens is 424 g/mol. The maximum atomic E-state index is 13.0. The van der Waals surface area contributed by atoms with Crippen LogP contribution in [0.5, 0.6) is 0 Å². The Hall–Kier alpha value is -1.97. The van der Waals surface area contributed by atoms with E-state index in [2.05, 4.69) is 25.9 Å². The quantitative estimate of drug-likeness (QED) is 0.326. The van der Waals surface area contributed by atoms with Crippen LogP contribution < -0.4 is 10.2 Å². The Morgan fingerprint density at radius 2 is 1.86 bits per heavy atom. The van der Waals surface area contributed by atoms with E-state index in [1.54, 1.807) is 4.90 Å². The largest absolute Gasteiger partial charge is 0.391 e. The van der Waals surface area contributed by atoms with Crippen molar-refractivity contribution in [1.82, 2.24) is 25.9 Å². The van der Waals surface area contributed by atoms with Crippen LogP contribution >= 0.6 is 0 Å². The van der Waals surface area contributed by atoms with Gasteiger partial charge in [0, 0.05) is 38.3 Å². The number of tetrazole rings is 1. The minimum atomic E-state index is -3.88. The van der Waals surface area contributed by atoms with E-state index < -0.39 is 38.4 Å². The zero-order valence-corrected chi connectivity index (χ0v) is 16.7. The number of aromatic nitrogens is 4. The van der Waals surface area contributed by atoms with Gasteiger partial charge < -0.3 is 25.0 Å². The maximum absolute atomic E-state index is 13.0. The number of aliphatic hydroxyl groups excluding tert-OH is 2. The summed E-state index contributed by atoms with van der Waals surface area (Å²) in [6.07, 6.45) is -1.43. The van der Waals surface area contributed by atoms with Crippen molar-refractivity contribution in [3.8, 4) is 11.4 Å². The van der Waals surface area contributed by atoms with Crippen molar-refractivity contribution in [1.29, 1.82) is 0 Å². The van der Waals surface area contributed by atoms with Crippen LogP contribution in [0.3, 0.4) is 0 Å². The summed E-state index contributed by atoms with van der Waals surface area (Å²) in [6, 6.07) is 2.76. The number of rotatable bonds is 5. The molecule has 158 valence electrons. The van der Waals surface area contributed by atoms with Gasteiger partial charge in [0.1, 0.15) is 0 Å². The van der Waals surface area contributed by atoms with E-state index in [9.17, 15) is 27.4 Å². The van der Waals surface area contributed by atoms with Crippen LogP contribution in [0, 0.1) is 0 Å². The molecule has 3 heterocycles. The van der Waals surface area contributed by atoms with Gasteiger partial charge in [-0.2, -0.15) is 5.21 Å². The molecule has 0 spiro atoms. The minimum absolute atomic E-state index is 0.0224. The van der Waals surface area contributed by atoms with E-state index in [0.29, 0.717) is 5.69 Å². The zero-order chi connectivity index (χ0) is 20.8. The van der Waals surface area contributed by atoms with Crippen molar-refractivity contribution in [3.05, 3.63) is 12.1 Å². The Morgan fingerprint density at radius 1 is 1.17 bits per heavy atom. The number of H-pyrrole nitrogens is 1. The Balaban J connectivity index is 1.94. The van der Waals surface area contributed by atoms with Gasteiger partial charge in [-0.15, -0.1) is 10.2 Å². The molecule has 12 nitrogen and oxygen atoms in total. The fourth-order valence-corrected chi connectivity index (χ4v) is 6.43. The normalized spacial score (nSPS) is 24.3. The van der Waals surface area contributed by atoms with Crippen molar-refractivity contribution < 1.29 is 27.4 Å². The molecule has 2 aliphatic rings. The summed E-state index contributed by atoms with van der Waals surface area (Å²) in [5.41, 5.74) is 0.349. The number of hydrogen-bond donors (Lipinski definition) is 5. The second-order valence-corrected chi connectivity index (χ2v) is 10.1. The predicted molar refractivity (Wildman–Crippen MR) is 101 cm³/mol. The number of hydrogen-bond acceptors (Lipinski definition) is 10. The fourth-order valence-electron chi connectivity index (χ4n) is 3.60. The van der Waals surface area contributed by atoms with Crippen molar-refractivity contribution in [2.24, 2.45) is 0 Å². The molecule has 5 N–H and O–H groups in total. The number of nitrogens with one attached hydrogen (secondary N) is 2. The molecule has 0 amide bonds. The lowest BCUT2D eigenvalue weighted by Crippen LogP contribution is -2.51. The van der Waals surface area contributed by atoms with Crippen LogP contribution in [0.4, 0.5) is 5.69 Å². The Labute approximate surface area is 168 Å². The highest BCUT2D eigenvalue weighted by Gasteiger charge is 2.38. The Bertz CT molecular complexity index is 1020. The fraction of sp³-hybridized carbons (Fsp3) is 0.533. The number of piperidine rings is 1. The van der Waals surface area contributed by atoms with Gasteiger partial charge in [0.2, 0.25) is 5.82 Å². The van der Waals surface area contributed by atoms with Gasteiger partial charge in [0.05, 0.1) is 32.8 Å². The van der Waals surface area contributed by atoms with Crippen LogP contribution in [-0.4, -0.2) is 91.7 Å². The van der Waals surface area contributed by atoms with Gasteiger partial charge in [0.25, 0.3) is 0 Å². The molecule has 2 saturated heterocycles. The molecule has 2 aliphatic heterocycles. The third-order valence-corrected chi connectivity index (χ3v) is 8.15. The highest BCUT2D eigenvalue weighted by molar-refractivity contribution is 7.92. The molecule has 0 bridgehead atoms. The summed E-state index contributed by atoms with van der Waals surface area (Å²) in [4.78, 5) is 0.999. The molecule has 14 heteroatoms. The van der Waals surface area contributed by atoms with Crippen LogP contribution in [-0.2, 0) is 20.9 Å². The number of sulfone groups is 1. The molecule has 3 atom stereocenters. The summed E-state index contributed by atoms with van der Waals surface area (Å²) >= 11 is -2.68. The van der Waals surface area contributed by atoms with E-state index in [0.717, 1.165) is 0 Å². The van der Waals surface area contributed by atoms with Crippen LogP contribution in [0.1, 0.15) is 6.42 Å². The van der Waals surface area contributed by atoms with Gasteiger partial charge in [0.15, 0.2) is 20.9 Å².